The molecule has 0 bridgehead atoms. The van der Waals surface area contributed by atoms with E-state index in [1.807, 2.05) is 19.1 Å². The van der Waals surface area contributed by atoms with Crippen molar-refractivity contribution in [2.75, 3.05) is 7.11 Å². The Bertz CT molecular complexity index is 462. The van der Waals surface area contributed by atoms with Crippen LogP contribution in [-0.2, 0) is 11.3 Å². The number of hydrogen-bond donors (Lipinski definition) is 1. The van der Waals surface area contributed by atoms with Gasteiger partial charge in [-0.05, 0) is 13.0 Å². The molecular weight excluding hydrogens is 198 g/mol. The van der Waals surface area contributed by atoms with E-state index in [0.717, 1.165) is 21.6 Å². The molecule has 0 saturated carbocycles. The summed E-state index contributed by atoms with van der Waals surface area (Å²) in [6.07, 6.45) is 0. The molecule has 0 radical (unpaired) electrons. The third-order valence-corrected chi connectivity index (χ3v) is 2.71. The minimum Gasteiger partial charge on any atom is -0.380 e. The van der Waals surface area contributed by atoms with E-state index in [4.69, 9.17) is 16.3 Å². The number of rotatable bonds is 2. The summed E-state index contributed by atoms with van der Waals surface area (Å²) < 4.78 is 5.15. The van der Waals surface area contributed by atoms with Crippen LogP contribution in [0.2, 0.25) is 5.02 Å². The van der Waals surface area contributed by atoms with Crippen molar-refractivity contribution in [1.82, 2.24) is 4.98 Å². The predicted octanol–water partition coefficient (Wildman–Crippen LogP) is 3.28. The van der Waals surface area contributed by atoms with Crippen molar-refractivity contribution in [3.05, 3.63) is 34.5 Å². The number of nitrogens with one attached hydrogen (secondary N) is 1. The van der Waals surface area contributed by atoms with Crippen LogP contribution >= 0.6 is 11.6 Å². The molecule has 0 amide bonds. The predicted molar refractivity (Wildman–Crippen MR) is 58.8 cm³/mol. The number of hydrogen-bond acceptors (Lipinski definition) is 1. The van der Waals surface area contributed by atoms with Crippen LogP contribution in [0.4, 0.5) is 0 Å². The Kier molecular flexibility index (Phi) is 2.48. The highest BCUT2D eigenvalue weighted by Crippen LogP contribution is 2.28. The molecule has 0 saturated heterocycles. The zero-order valence-electron chi connectivity index (χ0n) is 8.23. The second-order valence-corrected chi connectivity index (χ2v) is 3.73. The van der Waals surface area contributed by atoms with E-state index in [2.05, 4.69) is 11.1 Å². The molecule has 0 atom stereocenters. The van der Waals surface area contributed by atoms with Crippen LogP contribution < -0.4 is 0 Å². The van der Waals surface area contributed by atoms with Crippen LogP contribution in [-0.4, -0.2) is 12.1 Å². The second kappa shape index (κ2) is 3.64. The van der Waals surface area contributed by atoms with Gasteiger partial charge in [0.05, 0.1) is 17.1 Å². The van der Waals surface area contributed by atoms with Crippen molar-refractivity contribution in [3.8, 4) is 0 Å². The van der Waals surface area contributed by atoms with Gasteiger partial charge in [0.2, 0.25) is 0 Å². The van der Waals surface area contributed by atoms with Crippen LogP contribution in [0, 0.1) is 6.92 Å². The number of benzene rings is 1. The summed E-state index contributed by atoms with van der Waals surface area (Å²) in [6, 6.07) is 5.90. The molecule has 2 nitrogen and oxygen atoms in total. The van der Waals surface area contributed by atoms with E-state index in [1.54, 1.807) is 7.11 Å². The number of ether oxygens (including phenoxy) is 1. The summed E-state index contributed by atoms with van der Waals surface area (Å²) in [5, 5.41) is 1.91. The SMILES string of the molecule is COCc1c(C)[nH]c2c(Cl)cccc12. The fraction of sp³-hybridized carbons (Fsp3) is 0.273. The molecule has 1 aromatic carbocycles. The molecule has 0 spiro atoms. The molecule has 2 rings (SSSR count). The van der Waals surface area contributed by atoms with Gasteiger partial charge in [-0.2, -0.15) is 0 Å². The Balaban J connectivity index is 2.70. The van der Waals surface area contributed by atoms with E-state index in [9.17, 15) is 0 Å². The smallest absolute Gasteiger partial charge is 0.0736 e. The molecular formula is C11H12ClNO. The Hall–Kier alpha value is -0.990. The maximum absolute atomic E-state index is 6.07. The zero-order valence-corrected chi connectivity index (χ0v) is 8.98. The lowest BCUT2D eigenvalue weighted by Crippen LogP contribution is -1.87. The average molecular weight is 210 g/mol. The number of aromatic amines is 1. The lowest BCUT2D eigenvalue weighted by atomic mass is 10.1. The molecule has 0 aliphatic carbocycles. The number of methoxy groups -OCH3 is 1. The second-order valence-electron chi connectivity index (χ2n) is 3.32. The Morgan fingerprint density at radius 1 is 1.43 bits per heavy atom. The number of halogens is 1. The van der Waals surface area contributed by atoms with Crippen molar-refractivity contribution in [3.63, 3.8) is 0 Å². The molecule has 0 fully saturated rings. The fourth-order valence-corrected chi connectivity index (χ4v) is 1.92. The van der Waals surface area contributed by atoms with Gasteiger partial charge in [-0.3, -0.25) is 0 Å². The number of fused-ring (bicyclic) bond motifs is 1. The number of aromatic nitrogens is 1. The summed E-state index contributed by atoms with van der Waals surface area (Å²) in [5.41, 5.74) is 3.30. The molecule has 74 valence electrons. The summed E-state index contributed by atoms with van der Waals surface area (Å²) >= 11 is 6.07. The first-order valence-corrected chi connectivity index (χ1v) is 4.86. The maximum atomic E-state index is 6.07. The standard InChI is InChI=1S/C11H12ClNO/c1-7-9(6-14-2)8-4-3-5-10(12)11(8)13-7/h3-5,13H,6H2,1-2H3. The van der Waals surface area contributed by atoms with Crippen LogP contribution in [0.1, 0.15) is 11.3 Å². The monoisotopic (exact) mass is 209 g/mol. The number of para-hydroxylation sites is 1. The highest BCUT2D eigenvalue weighted by molar-refractivity contribution is 6.35. The van der Waals surface area contributed by atoms with Gasteiger partial charge in [-0.1, -0.05) is 23.7 Å². The first-order valence-electron chi connectivity index (χ1n) is 4.48. The first kappa shape index (κ1) is 9.56. The van der Waals surface area contributed by atoms with Crippen molar-refractivity contribution >= 4 is 22.5 Å². The lowest BCUT2D eigenvalue weighted by molar-refractivity contribution is 0.185. The van der Waals surface area contributed by atoms with Crippen LogP contribution in [0.25, 0.3) is 10.9 Å². The molecule has 2 aromatic rings. The number of H-pyrrole nitrogens is 1. The van der Waals surface area contributed by atoms with Crippen molar-refractivity contribution < 1.29 is 4.74 Å². The molecule has 1 aromatic heterocycles. The summed E-state index contributed by atoms with van der Waals surface area (Å²) in [4.78, 5) is 3.27. The van der Waals surface area contributed by atoms with Gasteiger partial charge in [-0.25, -0.2) is 0 Å². The fourth-order valence-electron chi connectivity index (χ4n) is 1.70. The van der Waals surface area contributed by atoms with Gasteiger partial charge in [0, 0.05) is 23.8 Å². The van der Waals surface area contributed by atoms with Crippen molar-refractivity contribution in [2.45, 2.75) is 13.5 Å². The quantitative estimate of drug-likeness (QED) is 0.807. The van der Waals surface area contributed by atoms with E-state index in [-0.39, 0.29) is 0 Å². The minimum absolute atomic E-state index is 0.617. The van der Waals surface area contributed by atoms with Crippen LogP contribution in [0.5, 0.6) is 0 Å². The van der Waals surface area contributed by atoms with Gasteiger partial charge < -0.3 is 9.72 Å². The summed E-state index contributed by atoms with van der Waals surface area (Å²) in [6.45, 7) is 2.65. The first-order chi connectivity index (χ1) is 6.74. The molecule has 14 heavy (non-hydrogen) atoms. The average Bonchev–Trinajstić information content (AvgIpc) is 2.47. The van der Waals surface area contributed by atoms with Crippen molar-refractivity contribution in [1.29, 1.82) is 0 Å². The highest BCUT2D eigenvalue weighted by Gasteiger charge is 2.09. The summed E-state index contributed by atoms with van der Waals surface area (Å²) in [7, 11) is 1.70. The molecule has 3 heteroatoms. The Morgan fingerprint density at radius 3 is 2.93 bits per heavy atom. The zero-order chi connectivity index (χ0) is 10.1. The largest absolute Gasteiger partial charge is 0.380 e. The highest BCUT2D eigenvalue weighted by atomic mass is 35.5. The van der Waals surface area contributed by atoms with Gasteiger partial charge in [-0.15, -0.1) is 0 Å². The number of aryl methyl sites for hydroxylation is 1. The third kappa shape index (κ3) is 1.41. The van der Waals surface area contributed by atoms with E-state index >= 15 is 0 Å². The van der Waals surface area contributed by atoms with Gasteiger partial charge in [0.25, 0.3) is 0 Å². The maximum Gasteiger partial charge on any atom is 0.0736 e. The van der Waals surface area contributed by atoms with Crippen LogP contribution in [0.3, 0.4) is 0 Å². The topological polar surface area (TPSA) is 25.0 Å². The van der Waals surface area contributed by atoms with E-state index in [0.29, 0.717) is 6.61 Å². The van der Waals surface area contributed by atoms with E-state index in [1.165, 1.54) is 5.56 Å². The Labute approximate surface area is 87.8 Å². The van der Waals surface area contributed by atoms with Gasteiger partial charge in [0.15, 0.2) is 0 Å². The van der Waals surface area contributed by atoms with Gasteiger partial charge >= 0.3 is 0 Å². The molecule has 0 unspecified atom stereocenters. The van der Waals surface area contributed by atoms with Gasteiger partial charge in [0.1, 0.15) is 0 Å². The lowest BCUT2D eigenvalue weighted by Gasteiger charge is -1.98. The van der Waals surface area contributed by atoms with Crippen LogP contribution in [0.15, 0.2) is 18.2 Å². The summed E-state index contributed by atoms with van der Waals surface area (Å²) in [5.74, 6) is 0. The molecule has 0 aliphatic heterocycles. The molecule has 0 aliphatic rings. The minimum atomic E-state index is 0.617. The van der Waals surface area contributed by atoms with E-state index < -0.39 is 0 Å². The normalized spacial score (nSPS) is 11.1. The third-order valence-electron chi connectivity index (χ3n) is 2.39. The van der Waals surface area contributed by atoms with Crippen molar-refractivity contribution in [2.24, 2.45) is 0 Å². The Morgan fingerprint density at radius 2 is 2.21 bits per heavy atom. The molecule has 1 heterocycles. The molecule has 1 N–H and O–H groups in total.